The molecule has 3 aromatic heterocycles. The van der Waals surface area contributed by atoms with E-state index < -0.39 is 0 Å². The minimum absolute atomic E-state index is 0.0969. The predicted octanol–water partition coefficient (Wildman–Crippen LogP) is 4.71. The van der Waals surface area contributed by atoms with Crippen molar-refractivity contribution in [1.29, 1.82) is 0 Å². The number of methoxy groups -OCH3 is 2. The quantitative estimate of drug-likeness (QED) is 0.271. The number of nitrogen functional groups attached to an aromatic ring is 1. The van der Waals surface area contributed by atoms with Gasteiger partial charge in [-0.3, -0.25) is 14.8 Å². The highest BCUT2D eigenvalue weighted by molar-refractivity contribution is 6.10. The predicted molar refractivity (Wildman–Crippen MR) is 134 cm³/mol. The molecule has 0 saturated heterocycles. The minimum atomic E-state index is -0.118. The van der Waals surface area contributed by atoms with E-state index in [9.17, 15) is 4.79 Å². The lowest BCUT2D eigenvalue weighted by molar-refractivity contribution is 0.0921. The lowest BCUT2D eigenvalue weighted by Crippen LogP contribution is -2.11. The van der Waals surface area contributed by atoms with Gasteiger partial charge in [-0.15, -0.1) is 0 Å². The number of benzene rings is 2. The Balaban J connectivity index is 1.52. The number of ether oxygens (including phenoxy) is 3. The molecule has 0 fully saturated rings. The van der Waals surface area contributed by atoms with Crippen LogP contribution >= 0.6 is 0 Å². The largest absolute Gasteiger partial charge is 0.493 e. The number of pyridine rings is 3. The van der Waals surface area contributed by atoms with Crippen LogP contribution in [0.15, 0.2) is 73.2 Å². The molecular weight excluding hydrogens is 444 g/mol. The van der Waals surface area contributed by atoms with Crippen LogP contribution in [0.5, 0.6) is 17.2 Å². The molecule has 0 radical (unpaired) electrons. The second-order valence-electron chi connectivity index (χ2n) is 7.82. The van der Waals surface area contributed by atoms with Crippen LogP contribution in [0.25, 0.3) is 32.9 Å². The van der Waals surface area contributed by atoms with Gasteiger partial charge in [-0.2, -0.15) is 0 Å². The van der Waals surface area contributed by atoms with E-state index in [2.05, 4.69) is 15.0 Å². The summed E-state index contributed by atoms with van der Waals surface area (Å²) in [6.45, 7) is -0.0969. The third-order valence-corrected chi connectivity index (χ3v) is 5.69. The first-order valence-electron chi connectivity index (χ1n) is 10.8. The Labute approximate surface area is 201 Å². The maximum atomic E-state index is 12.4. The van der Waals surface area contributed by atoms with E-state index in [1.54, 1.807) is 51.0 Å². The first-order chi connectivity index (χ1) is 17.1. The molecule has 35 heavy (non-hydrogen) atoms. The number of aromatic nitrogens is 3. The third-order valence-electron chi connectivity index (χ3n) is 5.69. The Bertz CT molecular complexity index is 1550. The Morgan fingerprint density at radius 3 is 2.43 bits per heavy atom. The van der Waals surface area contributed by atoms with Gasteiger partial charge in [0.05, 0.1) is 31.6 Å². The zero-order valence-corrected chi connectivity index (χ0v) is 19.2. The highest BCUT2D eigenvalue weighted by Gasteiger charge is 2.14. The second kappa shape index (κ2) is 9.26. The van der Waals surface area contributed by atoms with Gasteiger partial charge in [0, 0.05) is 40.4 Å². The maximum absolute atomic E-state index is 12.4. The zero-order chi connectivity index (χ0) is 24.4. The number of anilines is 1. The number of hydrogen-bond acceptors (Lipinski definition) is 8. The van der Waals surface area contributed by atoms with Crippen molar-refractivity contribution in [3.05, 3.63) is 78.8 Å². The number of fused-ring (bicyclic) bond motifs is 3. The van der Waals surface area contributed by atoms with Crippen LogP contribution < -0.4 is 19.9 Å². The fraction of sp³-hybridized carbons (Fsp3) is 0.111. The van der Waals surface area contributed by atoms with E-state index in [0.717, 1.165) is 21.7 Å². The van der Waals surface area contributed by atoms with Crippen LogP contribution in [-0.4, -0.2) is 41.6 Å². The lowest BCUT2D eigenvalue weighted by atomic mass is 10.0. The maximum Gasteiger partial charge on any atom is 0.200 e. The summed E-state index contributed by atoms with van der Waals surface area (Å²) in [6.07, 6.45) is 4.93. The number of carbonyl (C=O) groups excluding carboxylic acids is 1. The molecular formula is C27H22N4O4. The molecule has 0 aliphatic carbocycles. The summed E-state index contributed by atoms with van der Waals surface area (Å²) in [6, 6.07) is 16.4. The first kappa shape index (κ1) is 22.1. The van der Waals surface area contributed by atoms with E-state index >= 15 is 0 Å². The standard InChI is InChI=1S/C27H22N4O4/c1-33-25-10-20-19-9-22(31-27(28)21(19)14-30-23(20)11-26(25)34-2)17-8-18(13-29-12-17)35-15-24(32)16-6-4-3-5-7-16/h3-14H,15H2,1-2H3,(H2,28,31). The van der Waals surface area contributed by atoms with Crippen LogP contribution in [0, 0.1) is 0 Å². The summed E-state index contributed by atoms with van der Waals surface area (Å²) in [4.78, 5) is 25.7. The van der Waals surface area contributed by atoms with E-state index in [4.69, 9.17) is 19.9 Å². The van der Waals surface area contributed by atoms with Crippen molar-refractivity contribution in [3.63, 3.8) is 0 Å². The summed E-state index contributed by atoms with van der Waals surface area (Å²) < 4.78 is 16.6. The molecule has 8 heteroatoms. The Hall–Kier alpha value is -4.72. The van der Waals surface area contributed by atoms with Crippen LogP contribution in [0.3, 0.4) is 0 Å². The Morgan fingerprint density at radius 2 is 1.66 bits per heavy atom. The van der Waals surface area contributed by atoms with E-state index in [1.165, 1.54) is 0 Å². The summed E-state index contributed by atoms with van der Waals surface area (Å²) >= 11 is 0. The van der Waals surface area contributed by atoms with Crippen LogP contribution in [0.2, 0.25) is 0 Å². The highest BCUT2D eigenvalue weighted by atomic mass is 16.5. The SMILES string of the molecule is COc1cc2ncc3c(N)nc(-c4cncc(OCC(=O)c5ccccc5)c4)cc3c2cc1OC. The molecule has 0 atom stereocenters. The second-order valence-corrected chi connectivity index (χ2v) is 7.82. The van der Waals surface area contributed by atoms with Gasteiger partial charge in [0.2, 0.25) is 0 Å². The van der Waals surface area contributed by atoms with Gasteiger partial charge in [0.15, 0.2) is 23.9 Å². The normalized spacial score (nSPS) is 10.9. The smallest absolute Gasteiger partial charge is 0.200 e. The highest BCUT2D eigenvalue weighted by Crippen LogP contribution is 2.37. The molecule has 0 amide bonds. The summed E-state index contributed by atoms with van der Waals surface area (Å²) in [5.74, 6) is 1.86. The number of ketones is 1. The van der Waals surface area contributed by atoms with Gasteiger partial charge in [0.25, 0.3) is 0 Å². The fourth-order valence-corrected chi connectivity index (χ4v) is 3.90. The van der Waals surface area contributed by atoms with Crippen molar-refractivity contribution < 1.29 is 19.0 Å². The summed E-state index contributed by atoms with van der Waals surface area (Å²) in [5, 5.41) is 2.44. The monoisotopic (exact) mass is 466 g/mol. The molecule has 0 aliphatic rings. The summed E-state index contributed by atoms with van der Waals surface area (Å²) in [7, 11) is 3.17. The van der Waals surface area contributed by atoms with Gasteiger partial charge in [-0.05, 0) is 23.6 Å². The molecule has 0 unspecified atom stereocenters. The first-order valence-corrected chi connectivity index (χ1v) is 10.8. The van der Waals surface area contributed by atoms with Gasteiger partial charge in [0.1, 0.15) is 11.6 Å². The van der Waals surface area contributed by atoms with Gasteiger partial charge >= 0.3 is 0 Å². The molecule has 5 aromatic rings. The average molecular weight is 466 g/mol. The molecule has 8 nitrogen and oxygen atoms in total. The number of rotatable bonds is 7. The fourth-order valence-electron chi connectivity index (χ4n) is 3.90. The number of hydrogen-bond donors (Lipinski definition) is 1. The molecule has 0 spiro atoms. The van der Waals surface area contributed by atoms with Crippen LogP contribution in [-0.2, 0) is 0 Å². The number of nitrogens with zero attached hydrogens (tertiary/aromatic N) is 3. The van der Waals surface area contributed by atoms with Crippen molar-refractivity contribution in [2.45, 2.75) is 0 Å². The van der Waals surface area contributed by atoms with E-state index in [1.807, 2.05) is 36.4 Å². The molecule has 2 N–H and O–H groups in total. The number of carbonyl (C=O) groups is 1. The van der Waals surface area contributed by atoms with Gasteiger partial charge in [-0.25, -0.2) is 4.98 Å². The van der Waals surface area contributed by atoms with Crippen molar-refractivity contribution in [2.75, 3.05) is 26.6 Å². The van der Waals surface area contributed by atoms with Crippen molar-refractivity contribution in [1.82, 2.24) is 15.0 Å². The topological polar surface area (TPSA) is 109 Å². The molecule has 174 valence electrons. The van der Waals surface area contributed by atoms with Gasteiger partial charge < -0.3 is 19.9 Å². The average Bonchev–Trinajstić information content (AvgIpc) is 2.91. The third kappa shape index (κ3) is 4.29. The van der Waals surface area contributed by atoms with Crippen molar-refractivity contribution >= 4 is 33.3 Å². The Morgan fingerprint density at radius 1 is 0.886 bits per heavy atom. The number of nitrogens with two attached hydrogens (primary N) is 1. The molecule has 5 rings (SSSR count). The van der Waals surface area contributed by atoms with Gasteiger partial charge in [-0.1, -0.05) is 30.3 Å². The van der Waals surface area contributed by atoms with Crippen molar-refractivity contribution in [2.24, 2.45) is 0 Å². The molecule has 0 aliphatic heterocycles. The zero-order valence-electron chi connectivity index (χ0n) is 19.2. The molecule has 0 saturated carbocycles. The molecule has 2 aromatic carbocycles. The minimum Gasteiger partial charge on any atom is -0.493 e. The van der Waals surface area contributed by atoms with Crippen LogP contribution in [0.4, 0.5) is 5.82 Å². The molecule has 3 heterocycles. The lowest BCUT2D eigenvalue weighted by Gasteiger charge is -2.12. The van der Waals surface area contributed by atoms with Crippen LogP contribution in [0.1, 0.15) is 10.4 Å². The van der Waals surface area contributed by atoms with E-state index in [0.29, 0.717) is 39.9 Å². The summed E-state index contributed by atoms with van der Waals surface area (Å²) in [5.41, 5.74) is 8.96. The van der Waals surface area contributed by atoms with E-state index in [-0.39, 0.29) is 12.4 Å². The van der Waals surface area contributed by atoms with Crippen molar-refractivity contribution in [3.8, 4) is 28.5 Å². The number of Topliss-reactive ketones (excluding diaryl/α,β-unsaturated/α-hetero) is 1. The molecule has 0 bridgehead atoms. The Kier molecular flexibility index (Phi) is 5.85.